The predicted octanol–water partition coefficient (Wildman–Crippen LogP) is 13.6. The average Bonchev–Trinajstić information content (AvgIpc) is 3.14. The Kier molecular flexibility index (Phi) is 39.1. The fourth-order valence-corrected chi connectivity index (χ4v) is 5.80. The van der Waals surface area contributed by atoms with Crippen LogP contribution in [0.4, 0.5) is 0 Å². The van der Waals surface area contributed by atoms with Crippen LogP contribution >= 0.6 is 0 Å². The van der Waals surface area contributed by atoms with Crippen LogP contribution in [0.5, 0.6) is 0 Å². The van der Waals surface area contributed by atoms with Crippen molar-refractivity contribution in [2.45, 2.75) is 213 Å². The second-order valence-corrected chi connectivity index (χ2v) is 14.2. The Balaban J connectivity index is 4.43. The van der Waals surface area contributed by atoms with Gasteiger partial charge in [-0.05, 0) is 64.2 Å². The molecule has 1 unspecified atom stereocenters. The van der Waals surface area contributed by atoms with Crippen molar-refractivity contribution in [1.82, 2.24) is 0 Å². The topological polar surface area (TPSA) is 78.9 Å². The number of unbranched alkanes of at least 4 members (excludes halogenated alkanes) is 19. The molecule has 0 amide bonds. The molecule has 0 heterocycles. The molecule has 0 saturated heterocycles. The fourth-order valence-electron chi connectivity index (χ4n) is 5.80. The summed E-state index contributed by atoms with van der Waals surface area (Å²) in [6, 6.07) is 0. The highest BCUT2D eigenvalue weighted by molar-refractivity contribution is 5.71. The molecular weight excluding hydrogens is 648 g/mol. The van der Waals surface area contributed by atoms with Gasteiger partial charge >= 0.3 is 17.9 Å². The summed E-state index contributed by atoms with van der Waals surface area (Å²) in [5.74, 6) is -0.969. The van der Waals surface area contributed by atoms with Crippen molar-refractivity contribution in [1.29, 1.82) is 0 Å². The molecule has 6 heteroatoms. The van der Waals surface area contributed by atoms with Crippen molar-refractivity contribution >= 4 is 17.9 Å². The Morgan fingerprint density at radius 1 is 0.404 bits per heavy atom. The molecular formula is C46H80O6. The van der Waals surface area contributed by atoms with Gasteiger partial charge in [-0.2, -0.15) is 0 Å². The lowest BCUT2D eigenvalue weighted by Gasteiger charge is -2.18. The summed E-state index contributed by atoms with van der Waals surface area (Å²) in [6.45, 7) is 6.40. The van der Waals surface area contributed by atoms with Crippen LogP contribution < -0.4 is 0 Å². The highest BCUT2D eigenvalue weighted by atomic mass is 16.6. The summed E-state index contributed by atoms with van der Waals surface area (Å²) in [4.78, 5) is 37.6. The maximum Gasteiger partial charge on any atom is 0.306 e. The van der Waals surface area contributed by atoms with E-state index in [1.165, 1.54) is 77.0 Å². The molecule has 0 aromatic rings. The first-order valence-corrected chi connectivity index (χ1v) is 21.6. The first kappa shape index (κ1) is 49.4. The van der Waals surface area contributed by atoms with Gasteiger partial charge in [0.15, 0.2) is 6.10 Å². The number of hydrogen-bond donors (Lipinski definition) is 0. The van der Waals surface area contributed by atoms with Gasteiger partial charge in [-0.25, -0.2) is 0 Å². The van der Waals surface area contributed by atoms with Gasteiger partial charge in [0.1, 0.15) is 13.2 Å². The van der Waals surface area contributed by atoms with E-state index in [1.807, 2.05) is 0 Å². The lowest BCUT2D eigenvalue weighted by molar-refractivity contribution is -0.167. The second-order valence-electron chi connectivity index (χ2n) is 14.2. The Morgan fingerprint density at radius 2 is 0.788 bits per heavy atom. The van der Waals surface area contributed by atoms with E-state index in [0.717, 1.165) is 83.5 Å². The largest absolute Gasteiger partial charge is 0.462 e. The third-order valence-corrected chi connectivity index (χ3v) is 9.07. The van der Waals surface area contributed by atoms with Crippen LogP contribution in [0, 0.1) is 0 Å². The molecule has 0 rings (SSSR count). The zero-order valence-electron chi connectivity index (χ0n) is 34.1. The maximum atomic E-state index is 12.6. The van der Waals surface area contributed by atoms with Crippen molar-refractivity contribution in [2.24, 2.45) is 0 Å². The Labute approximate surface area is 320 Å². The summed E-state index contributed by atoms with van der Waals surface area (Å²) in [6.07, 6.45) is 46.8. The van der Waals surface area contributed by atoms with E-state index >= 15 is 0 Å². The molecule has 0 aliphatic carbocycles. The minimum Gasteiger partial charge on any atom is -0.462 e. The monoisotopic (exact) mass is 729 g/mol. The molecule has 0 aromatic carbocycles. The van der Waals surface area contributed by atoms with Crippen molar-refractivity contribution in [3.63, 3.8) is 0 Å². The SMILES string of the molecule is CC/C=C\C/C=C\C/C=C\CCCC(=O)OC(COC(=O)CCCCCC/C=C\CCCC)COC(=O)CCCCCCCCCCCCCCC. The molecule has 0 saturated carbocycles. The molecule has 0 fully saturated rings. The molecule has 1 atom stereocenters. The number of allylic oxidation sites excluding steroid dienone is 8. The highest BCUT2D eigenvalue weighted by Gasteiger charge is 2.19. The normalized spacial score (nSPS) is 12.4. The predicted molar refractivity (Wildman–Crippen MR) is 219 cm³/mol. The molecule has 0 N–H and O–H groups in total. The second kappa shape index (κ2) is 41.1. The average molecular weight is 729 g/mol. The van der Waals surface area contributed by atoms with E-state index in [9.17, 15) is 14.4 Å². The first-order valence-electron chi connectivity index (χ1n) is 21.6. The number of rotatable bonds is 38. The Bertz CT molecular complexity index is 933. The number of esters is 3. The molecule has 6 nitrogen and oxygen atoms in total. The van der Waals surface area contributed by atoms with E-state index in [-0.39, 0.29) is 37.5 Å². The zero-order chi connectivity index (χ0) is 38.0. The van der Waals surface area contributed by atoms with Crippen LogP contribution in [-0.2, 0) is 28.6 Å². The van der Waals surface area contributed by atoms with E-state index in [2.05, 4.69) is 69.4 Å². The summed E-state index contributed by atoms with van der Waals surface area (Å²) >= 11 is 0. The molecule has 0 radical (unpaired) electrons. The minimum atomic E-state index is -0.797. The van der Waals surface area contributed by atoms with Gasteiger partial charge in [0.2, 0.25) is 0 Å². The third kappa shape index (κ3) is 38.6. The molecule has 0 aliphatic heterocycles. The van der Waals surface area contributed by atoms with Crippen molar-refractivity contribution in [2.75, 3.05) is 13.2 Å². The summed E-state index contributed by atoms with van der Waals surface area (Å²) < 4.78 is 16.6. The van der Waals surface area contributed by atoms with Crippen molar-refractivity contribution in [3.05, 3.63) is 48.6 Å². The summed E-state index contributed by atoms with van der Waals surface area (Å²) in [5, 5.41) is 0. The third-order valence-electron chi connectivity index (χ3n) is 9.07. The van der Waals surface area contributed by atoms with Gasteiger partial charge in [-0.15, -0.1) is 0 Å². The molecule has 0 aromatic heterocycles. The standard InChI is InChI=1S/C46H80O6/c1-4-7-10-13-16-19-22-23-25-27-30-33-36-39-45(48)51-42-43(41-50-44(47)38-35-32-29-26-21-18-15-12-9-6-3)52-46(49)40-37-34-31-28-24-20-17-14-11-8-5-2/h8,11,15,17-18,20,28,31,43H,4-7,9-10,12-14,16,19,21-27,29-30,32-42H2,1-3H3/b11-8-,18-15-,20-17-,31-28-. The molecule has 300 valence electrons. The maximum absolute atomic E-state index is 12.6. The number of ether oxygens (including phenoxy) is 3. The fraction of sp³-hybridized carbons (Fsp3) is 0.761. The quantitative estimate of drug-likeness (QED) is 0.0272. The summed E-state index contributed by atoms with van der Waals surface area (Å²) in [7, 11) is 0. The Hall–Kier alpha value is -2.63. The van der Waals surface area contributed by atoms with Crippen molar-refractivity contribution in [3.8, 4) is 0 Å². The van der Waals surface area contributed by atoms with Crippen LogP contribution in [0.15, 0.2) is 48.6 Å². The van der Waals surface area contributed by atoms with E-state index in [0.29, 0.717) is 19.3 Å². The number of carbonyl (C=O) groups excluding carboxylic acids is 3. The zero-order valence-corrected chi connectivity index (χ0v) is 34.1. The van der Waals surface area contributed by atoms with Crippen LogP contribution in [-0.4, -0.2) is 37.2 Å². The lowest BCUT2D eigenvalue weighted by atomic mass is 10.0. The smallest absolute Gasteiger partial charge is 0.306 e. The molecule has 0 aliphatic rings. The van der Waals surface area contributed by atoms with E-state index < -0.39 is 6.10 Å². The van der Waals surface area contributed by atoms with Gasteiger partial charge in [0.05, 0.1) is 0 Å². The van der Waals surface area contributed by atoms with Crippen LogP contribution in [0.25, 0.3) is 0 Å². The molecule has 0 spiro atoms. The minimum absolute atomic E-state index is 0.0955. The van der Waals surface area contributed by atoms with E-state index in [1.54, 1.807) is 0 Å². The summed E-state index contributed by atoms with van der Waals surface area (Å²) in [5.41, 5.74) is 0. The highest BCUT2D eigenvalue weighted by Crippen LogP contribution is 2.14. The first-order chi connectivity index (χ1) is 25.5. The van der Waals surface area contributed by atoms with Crippen LogP contribution in [0.3, 0.4) is 0 Å². The van der Waals surface area contributed by atoms with Gasteiger partial charge in [-0.1, -0.05) is 172 Å². The number of hydrogen-bond acceptors (Lipinski definition) is 6. The Morgan fingerprint density at radius 3 is 1.31 bits per heavy atom. The lowest BCUT2D eigenvalue weighted by Crippen LogP contribution is -2.30. The van der Waals surface area contributed by atoms with Crippen LogP contribution in [0.2, 0.25) is 0 Å². The van der Waals surface area contributed by atoms with Crippen LogP contribution in [0.1, 0.15) is 207 Å². The van der Waals surface area contributed by atoms with Gasteiger partial charge in [0.25, 0.3) is 0 Å². The van der Waals surface area contributed by atoms with Gasteiger partial charge < -0.3 is 14.2 Å². The van der Waals surface area contributed by atoms with Gasteiger partial charge in [0, 0.05) is 19.3 Å². The molecule has 52 heavy (non-hydrogen) atoms. The van der Waals surface area contributed by atoms with Gasteiger partial charge in [-0.3, -0.25) is 14.4 Å². The molecule has 0 bridgehead atoms. The van der Waals surface area contributed by atoms with Crippen molar-refractivity contribution < 1.29 is 28.6 Å². The van der Waals surface area contributed by atoms with E-state index in [4.69, 9.17) is 14.2 Å². The number of carbonyl (C=O) groups is 3.